The van der Waals surface area contributed by atoms with Crippen molar-refractivity contribution >= 4 is 0 Å². The molecule has 2 nitrogen and oxygen atoms in total. The largest absolute Gasteiger partial charge is 0.394 e. The SMILES string of the molecule is CC1(C)CCC[C@@]2(C)[C@@H]3CC[C@](C)([C@H](O)CO)C=C3CC[C@H]12. The van der Waals surface area contributed by atoms with Gasteiger partial charge in [0.1, 0.15) is 0 Å². The Balaban J connectivity index is 1.92. The number of aliphatic hydroxyl groups is 2. The molecule has 0 radical (unpaired) electrons. The fourth-order valence-corrected chi connectivity index (χ4v) is 6.32. The molecule has 0 amide bonds. The van der Waals surface area contributed by atoms with Crippen molar-refractivity contribution in [2.24, 2.45) is 28.1 Å². The first-order valence-corrected chi connectivity index (χ1v) is 9.23. The minimum absolute atomic E-state index is 0.127. The summed E-state index contributed by atoms with van der Waals surface area (Å²) in [4.78, 5) is 0. The molecule has 0 unspecified atom stereocenters. The van der Waals surface area contributed by atoms with Gasteiger partial charge in [0.05, 0.1) is 12.7 Å². The van der Waals surface area contributed by atoms with E-state index in [1.807, 2.05) is 0 Å². The molecule has 0 spiro atoms. The molecule has 2 fully saturated rings. The molecule has 3 rings (SSSR count). The van der Waals surface area contributed by atoms with Crippen LogP contribution in [-0.4, -0.2) is 22.9 Å². The molecule has 3 aliphatic carbocycles. The average Bonchev–Trinajstić information content (AvgIpc) is 2.45. The molecule has 2 saturated carbocycles. The van der Waals surface area contributed by atoms with Gasteiger partial charge in [-0.1, -0.05) is 45.8 Å². The van der Waals surface area contributed by atoms with Gasteiger partial charge in [0, 0.05) is 5.41 Å². The Morgan fingerprint density at radius 1 is 1.14 bits per heavy atom. The summed E-state index contributed by atoms with van der Waals surface area (Å²) in [6, 6.07) is 0. The number of hydrogen-bond acceptors (Lipinski definition) is 2. The van der Waals surface area contributed by atoms with Crippen LogP contribution in [0.5, 0.6) is 0 Å². The molecule has 22 heavy (non-hydrogen) atoms. The molecule has 0 aromatic carbocycles. The minimum Gasteiger partial charge on any atom is -0.394 e. The molecular formula is C20H34O2. The van der Waals surface area contributed by atoms with Gasteiger partial charge < -0.3 is 10.2 Å². The molecule has 5 atom stereocenters. The predicted octanol–water partition coefficient (Wildman–Crippen LogP) is 4.31. The van der Waals surface area contributed by atoms with Crippen LogP contribution in [0.25, 0.3) is 0 Å². The molecule has 0 aromatic heterocycles. The number of hydrogen-bond donors (Lipinski definition) is 2. The van der Waals surface area contributed by atoms with Gasteiger partial charge in [0.2, 0.25) is 0 Å². The van der Waals surface area contributed by atoms with E-state index in [1.165, 1.54) is 38.5 Å². The summed E-state index contributed by atoms with van der Waals surface area (Å²) >= 11 is 0. The van der Waals surface area contributed by atoms with Crippen LogP contribution in [0.1, 0.15) is 72.6 Å². The molecular weight excluding hydrogens is 272 g/mol. The lowest BCUT2D eigenvalue weighted by atomic mass is 9.45. The molecule has 0 bridgehead atoms. The van der Waals surface area contributed by atoms with Crippen molar-refractivity contribution in [3.05, 3.63) is 11.6 Å². The fourth-order valence-electron chi connectivity index (χ4n) is 6.32. The first kappa shape index (κ1) is 16.5. The first-order chi connectivity index (χ1) is 10.2. The van der Waals surface area contributed by atoms with Crippen molar-refractivity contribution < 1.29 is 10.2 Å². The van der Waals surface area contributed by atoms with E-state index in [9.17, 15) is 10.2 Å². The van der Waals surface area contributed by atoms with Crippen LogP contribution in [0.4, 0.5) is 0 Å². The lowest BCUT2D eigenvalue weighted by Crippen LogP contribution is -2.51. The van der Waals surface area contributed by atoms with Gasteiger partial charge in [0.25, 0.3) is 0 Å². The third-order valence-electron chi connectivity index (χ3n) is 7.66. The van der Waals surface area contributed by atoms with E-state index >= 15 is 0 Å². The van der Waals surface area contributed by atoms with Gasteiger partial charge in [-0.15, -0.1) is 0 Å². The molecule has 2 N–H and O–H groups in total. The number of rotatable bonds is 2. The third-order valence-corrected chi connectivity index (χ3v) is 7.66. The second kappa shape index (κ2) is 5.34. The first-order valence-electron chi connectivity index (χ1n) is 9.23. The van der Waals surface area contributed by atoms with E-state index in [4.69, 9.17) is 0 Å². The maximum atomic E-state index is 10.2. The van der Waals surface area contributed by atoms with Crippen molar-refractivity contribution in [3.63, 3.8) is 0 Å². The summed E-state index contributed by atoms with van der Waals surface area (Å²) in [6.45, 7) is 9.49. The molecule has 3 aliphatic rings. The van der Waals surface area contributed by atoms with Crippen LogP contribution in [0, 0.1) is 28.1 Å². The van der Waals surface area contributed by atoms with E-state index in [2.05, 4.69) is 33.8 Å². The van der Waals surface area contributed by atoms with Crippen LogP contribution in [-0.2, 0) is 0 Å². The van der Waals surface area contributed by atoms with Gasteiger partial charge in [-0.3, -0.25) is 0 Å². The summed E-state index contributed by atoms with van der Waals surface area (Å²) in [6.07, 6.45) is 10.5. The quantitative estimate of drug-likeness (QED) is 0.746. The van der Waals surface area contributed by atoms with Crippen LogP contribution in [0.15, 0.2) is 11.6 Å². The lowest BCUT2D eigenvalue weighted by molar-refractivity contribution is -0.0673. The summed E-state index contributed by atoms with van der Waals surface area (Å²) in [5.41, 5.74) is 2.27. The van der Waals surface area contributed by atoms with E-state index in [0.717, 1.165) is 12.3 Å². The maximum Gasteiger partial charge on any atom is 0.0858 e. The van der Waals surface area contributed by atoms with Crippen molar-refractivity contribution in [3.8, 4) is 0 Å². The smallest absolute Gasteiger partial charge is 0.0858 e. The van der Waals surface area contributed by atoms with Crippen molar-refractivity contribution in [1.82, 2.24) is 0 Å². The minimum atomic E-state index is -0.616. The number of allylic oxidation sites excluding steroid dienone is 1. The monoisotopic (exact) mass is 306 g/mol. The summed E-state index contributed by atoms with van der Waals surface area (Å²) in [7, 11) is 0. The fraction of sp³-hybridized carbons (Fsp3) is 0.900. The second-order valence-corrected chi connectivity index (χ2v) is 9.45. The number of fused-ring (bicyclic) bond motifs is 3. The number of aliphatic hydroxyl groups excluding tert-OH is 2. The Labute approximate surface area is 136 Å². The topological polar surface area (TPSA) is 40.5 Å². The normalized spacial score (nSPS) is 45.5. The average molecular weight is 306 g/mol. The Hall–Kier alpha value is -0.340. The summed E-state index contributed by atoms with van der Waals surface area (Å²) in [5, 5.41) is 19.6. The summed E-state index contributed by atoms with van der Waals surface area (Å²) < 4.78 is 0. The molecule has 0 heterocycles. The highest BCUT2D eigenvalue weighted by Gasteiger charge is 2.54. The second-order valence-electron chi connectivity index (χ2n) is 9.45. The van der Waals surface area contributed by atoms with Crippen molar-refractivity contribution in [2.75, 3.05) is 6.61 Å². The summed E-state index contributed by atoms with van der Waals surface area (Å²) in [5.74, 6) is 1.54. The Kier molecular flexibility index (Phi) is 4.01. The maximum absolute atomic E-state index is 10.2. The lowest BCUT2D eigenvalue weighted by Gasteiger charge is -2.60. The van der Waals surface area contributed by atoms with Gasteiger partial charge in [0.15, 0.2) is 0 Å². The highest BCUT2D eigenvalue weighted by Crippen LogP contribution is 2.63. The molecule has 2 heteroatoms. The standard InChI is InChI=1S/C20H34O2/c1-18(2)9-5-10-20(4)15-8-11-19(3,17(22)13-21)12-14(15)6-7-16(18)20/h12,15-17,21-22H,5-11,13H2,1-4H3/t15-,16-,17-,19+,20+/m1/s1. The highest BCUT2D eigenvalue weighted by molar-refractivity contribution is 5.24. The molecule has 0 aromatic rings. The van der Waals surface area contributed by atoms with Gasteiger partial charge in [-0.2, -0.15) is 0 Å². The predicted molar refractivity (Wildman–Crippen MR) is 90.5 cm³/mol. The Morgan fingerprint density at radius 3 is 2.55 bits per heavy atom. The Bertz CT molecular complexity index is 466. The van der Waals surface area contributed by atoms with Crippen LogP contribution in [0.3, 0.4) is 0 Å². The van der Waals surface area contributed by atoms with Gasteiger partial charge in [-0.25, -0.2) is 0 Å². The van der Waals surface area contributed by atoms with Crippen LogP contribution >= 0.6 is 0 Å². The van der Waals surface area contributed by atoms with Gasteiger partial charge in [-0.05, 0) is 61.2 Å². The zero-order chi connectivity index (χ0) is 16.2. The van der Waals surface area contributed by atoms with Crippen LogP contribution < -0.4 is 0 Å². The zero-order valence-electron chi connectivity index (χ0n) is 14.9. The van der Waals surface area contributed by atoms with Gasteiger partial charge >= 0.3 is 0 Å². The van der Waals surface area contributed by atoms with E-state index in [0.29, 0.717) is 16.7 Å². The van der Waals surface area contributed by atoms with Crippen LogP contribution in [0.2, 0.25) is 0 Å². The highest BCUT2D eigenvalue weighted by atomic mass is 16.3. The molecule has 0 saturated heterocycles. The van der Waals surface area contributed by atoms with Crippen molar-refractivity contribution in [1.29, 1.82) is 0 Å². The van der Waals surface area contributed by atoms with E-state index in [1.54, 1.807) is 5.57 Å². The molecule has 0 aliphatic heterocycles. The van der Waals surface area contributed by atoms with Crippen molar-refractivity contribution in [2.45, 2.75) is 78.7 Å². The van der Waals surface area contributed by atoms with E-state index < -0.39 is 6.10 Å². The molecule has 126 valence electrons. The zero-order valence-corrected chi connectivity index (χ0v) is 14.9. The third kappa shape index (κ3) is 2.38. The Morgan fingerprint density at radius 2 is 1.86 bits per heavy atom. The van der Waals surface area contributed by atoms with E-state index in [-0.39, 0.29) is 12.0 Å².